The highest BCUT2D eigenvalue weighted by molar-refractivity contribution is 5.16. The van der Waals surface area contributed by atoms with Gasteiger partial charge in [0.05, 0.1) is 0 Å². The third-order valence-corrected chi connectivity index (χ3v) is 3.45. The van der Waals surface area contributed by atoms with E-state index < -0.39 is 0 Å². The monoisotopic (exact) mass is 235 g/mol. The fraction of sp³-hybridized carbons (Fsp3) is 0.600. The van der Waals surface area contributed by atoms with E-state index in [1.165, 1.54) is 18.4 Å². The molecule has 1 aliphatic carbocycles. The Morgan fingerprint density at radius 1 is 1.24 bits per heavy atom. The van der Waals surface area contributed by atoms with Crippen molar-refractivity contribution in [2.75, 3.05) is 6.54 Å². The molecule has 2 rings (SSSR count). The first-order valence-electron chi connectivity index (χ1n) is 6.53. The minimum absolute atomic E-state index is 0.150. The quantitative estimate of drug-likeness (QED) is 0.795. The lowest BCUT2D eigenvalue weighted by Gasteiger charge is -2.25. The summed E-state index contributed by atoms with van der Waals surface area (Å²) >= 11 is 0. The molecule has 1 nitrogen and oxygen atoms in total. The third-order valence-electron chi connectivity index (χ3n) is 3.45. The van der Waals surface area contributed by atoms with Crippen LogP contribution in [0.2, 0.25) is 0 Å². The van der Waals surface area contributed by atoms with E-state index in [0.717, 1.165) is 25.4 Å². The molecular weight excluding hydrogens is 213 g/mol. The maximum absolute atomic E-state index is 12.8. The SMILES string of the molecule is CC(C)(CCc1ccc(F)cc1)CNC1CC1. The van der Waals surface area contributed by atoms with E-state index in [-0.39, 0.29) is 5.82 Å². The Hall–Kier alpha value is -0.890. The predicted octanol–water partition coefficient (Wildman–Crippen LogP) is 3.54. The topological polar surface area (TPSA) is 12.0 Å². The summed E-state index contributed by atoms with van der Waals surface area (Å²) in [7, 11) is 0. The van der Waals surface area contributed by atoms with Gasteiger partial charge in [0, 0.05) is 12.6 Å². The van der Waals surface area contributed by atoms with Gasteiger partial charge in [0.2, 0.25) is 0 Å². The van der Waals surface area contributed by atoms with Crippen LogP contribution in [0.15, 0.2) is 24.3 Å². The van der Waals surface area contributed by atoms with Crippen molar-refractivity contribution in [3.05, 3.63) is 35.6 Å². The van der Waals surface area contributed by atoms with E-state index in [9.17, 15) is 4.39 Å². The molecule has 0 amide bonds. The Morgan fingerprint density at radius 3 is 2.47 bits per heavy atom. The number of rotatable bonds is 6. The number of nitrogens with one attached hydrogen (secondary N) is 1. The van der Waals surface area contributed by atoms with Crippen molar-refractivity contribution in [3.8, 4) is 0 Å². The molecule has 1 aromatic rings. The summed E-state index contributed by atoms with van der Waals surface area (Å²) in [5.74, 6) is -0.150. The summed E-state index contributed by atoms with van der Waals surface area (Å²) in [6, 6.07) is 7.65. The molecule has 0 bridgehead atoms. The van der Waals surface area contributed by atoms with Crippen molar-refractivity contribution in [1.29, 1.82) is 0 Å². The molecule has 0 heterocycles. The predicted molar refractivity (Wildman–Crippen MR) is 69.5 cm³/mol. The Kier molecular flexibility index (Phi) is 3.82. The molecule has 1 N–H and O–H groups in total. The third kappa shape index (κ3) is 4.47. The lowest BCUT2D eigenvalue weighted by molar-refractivity contribution is 0.313. The molecule has 1 fully saturated rings. The van der Waals surface area contributed by atoms with Gasteiger partial charge < -0.3 is 5.32 Å². The lowest BCUT2D eigenvalue weighted by Crippen LogP contribution is -2.31. The molecule has 1 aromatic carbocycles. The van der Waals surface area contributed by atoms with Crippen molar-refractivity contribution in [2.24, 2.45) is 5.41 Å². The summed E-state index contributed by atoms with van der Waals surface area (Å²) in [5, 5.41) is 3.58. The maximum Gasteiger partial charge on any atom is 0.123 e. The molecule has 0 radical (unpaired) electrons. The highest BCUT2D eigenvalue weighted by Crippen LogP contribution is 2.25. The smallest absolute Gasteiger partial charge is 0.123 e. The van der Waals surface area contributed by atoms with Gasteiger partial charge in [0.1, 0.15) is 5.82 Å². The Bertz CT molecular complexity index is 352. The van der Waals surface area contributed by atoms with Gasteiger partial charge in [-0.2, -0.15) is 0 Å². The second-order valence-corrected chi connectivity index (χ2v) is 5.95. The zero-order chi connectivity index (χ0) is 12.3. The van der Waals surface area contributed by atoms with E-state index in [4.69, 9.17) is 0 Å². The summed E-state index contributed by atoms with van der Waals surface area (Å²) < 4.78 is 12.8. The summed E-state index contributed by atoms with van der Waals surface area (Å²) in [5.41, 5.74) is 1.54. The van der Waals surface area contributed by atoms with Crippen LogP contribution in [0, 0.1) is 11.2 Å². The molecule has 0 aliphatic heterocycles. The Morgan fingerprint density at radius 2 is 1.88 bits per heavy atom. The fourth-order valence-corrected chi connectivity index (χ4v) is 1.93. The first-order chi connectivity index (χ1) is 8.05. The fourth-order valence-electron chi connectivity index (χ4n) is 1.93. The van der Waals surface area contributed by atoms with Crippen molar-refractivity contribution >= 4 is 0 Å². The molecule has 0 aromatic heterocycles. The summed E-state index contributed by atoms with van der Waals surface area (Å²) in [6.45, 7) is 5.68. The molecule has 0 saturated heterocycles. The number of hydrogen-bond acceptors (Lipinski definition) is 1. The molecular formula is C15H22FN. The van der Waals surface area contributed by atoms with Crippen LogP contribution in [0.1, 0.15) is 38.7 Å². The van der Waals surface area contributed by atoms with Crippen LogP contribution in [-0.2, 0) is 6.42 Å². The largest absolute Gasteiger partial charge is 0.313 e. The molecule has 94 valence electrons. The molecule has 0 spiro atoms. The zero-order valence-corrected chi connectivity index (χ0v) is 10.8. The molecule has 0 unspecified atom stereocenters. The van der Waals surface area contributed by atoms with E-state index in [2.05, 4.69) is 19.2 Å². The standard InChI is InChI=1S/C15H22FN/c1-15(2,11-17-14-7-8-14)10-9-12-3-5-13(16)6-4-12/h3-6,14,17H,7-11H2,1-2H3. The van der Waals surface area contributed by atoms with Crippen LogP contribution in [0.3, 0.4) is 0 Å². The van der Waals surface area contributed by atoms with Crippen LogP contribution >= 0.6 is 0 Å². The highest BCUT2D eigenvalue weighted by Gasteiger charge is 2.24. The molecule has 0 atom stereocenters. The minimum atomic E-state index is -0.150. The minimum Gasteiger partial charge on any atom is -0.313 e. The zero-order valence-electron chi connectivity index (χ0n) is 10.8. The maximum atomic E-state index is 12.8. The van der Waals surface area contributed by atoms with Gasteiger partial charge >= 0.3 is 0 Å². The van der Waals surface area contributed by atoms with Crippen LogP contribution < -0.4 is 5.32 Å². The average molecular weight is 235 g/mol. The Balaban J connectivity index is 1.76. The number of aryl methyl sites for hydroxylation is 1. The molecule has 1 aliphatic rings. The van der Waals surface area contributed by atoms with Gasteiger partial charge in [0.25, 0.3) is 0 Å². The van der Waals surface area contributed by atoms with Gasteiger partial charge in [-0.3, -0.25) is 0 Å². The number of hydrogen-bond donors (Lipinski definition) is 1. The van der Waals surface area contributed by atoms with Gasteiger partial charge in [0.15, 0.2) is 0 Å². The van der Waals surface area contributed by atoms with Crippen LogP contribution in [0.25, 0.3) is 0 Å². The van der Waals surface area contributed by atoms with Crippen LogP contribution in [0.4, 0.5) is 4.39 Å². The number of halogens is 1. The first-order valence-corrected chi connectivity index (χ1v) is 6.53. The lowest BCUT2D eigenvalue weighted by atomic mass is 9.86. The van der Waals surface area contributed by atoms with Gasteiger partial charge in [-0.1, -0.05) is 26.0 Å². The van der Waals surface area contributed by atoms with Gasteiger partial charge in [-0.25, -0.2) is 4.39 Å². The molecule has 1 saturated carbocycles. The van der Waals surface area contributed by atoms with Gasteiger partial charge in [-0.15, -0.1) is 0 Å². The second kappa shape index (κ2) is 5.18. The van der Waals surface area contributed by atoms with E-state index >= 15 is 0 Å². The summed E-state index contributed by atoms with van der Waals surface area (Å²) in [4.78, 5) is 0. The Labute approximate surface area is 103 Å². The van der Waals surface area contributed by atoms with E-state index in [1.807, 2.05) is 12.1 Å². The molecule has 17 heavy (non-hydrogen) atoms. The number of benzene rings is 1. The van der Waals surface area contributed by atoms with Crippen LogP contribution in [0.5, 0.6) is 0 Å². The van der Waals surface area contributed by atoms with Crippen molar-refractivity contribution in [1.82, 2.24) is 5.32 Å². The van der Waals surface area contributed by atoms with Gasteiger partial charge in [-0.05, 0) is 48.8 Å². The molecule has 2 heteroatoms. The van der Waals surface area contributed by atoms with Crippen LogP contribution in [-0.4, -0.2) is 12.6 Å². The normalized spacial score (nSPS) is 16.2. The summed E-state index contributed by atoms with van der Waals surface area (Å²) in [6.07, 6.45) is 4.85. The van der Waals surface area contributed by atoms with E-state index in [1.54, 1.807) is 12.1 Å². The first kappa shape index (κ1) is 12.6. The van der Waals surface area contributed by atoms with Crippen molar-refractivity contribution in [3.63, 3.8) is 0 Å². The average Bonchev–Trinajstić information content (AvgIpc) is 3.10. The van der Waals surface area contributed by atoms with E-state index in [0.29, 0.717) is 5.41 Å². The second-order valence-electron chi connectivity index (χ2n) is 5.95. The highest BCUT2D eigenvalue weighted by atomic mass is 19.1. The van der Waals surface area contributed by atoms with Crippen molar-refractivity contribution < 1.29 is 4.39 Å². The van der Waals surface area contributed by atoms with Crippen molar-refractivity contribution in [2.45, 2.75) is 45.6 Å².